The number of ether oxygens (including phenoxy) is 2. The first-order chi connectivity index (χ1) is 10.0. The molecule has 0 bridgehead atoms. The van der Waals surface area contributed by atoms with Crippen molar-refractivity contribution in [3.8, 4) is 11.5 Å². The Morgan fingerprint density at radius 2 is 2.05 bits per heavy atom. The zero-order valence-electron chi connectivity index (χ0n) is 13.0. The van der Waals surface area contributed by atoms with Crippen LogP contribution in [0.1, 0.15) is 32.8 Å². The van der Waals surface area contributed by atoms with E-state index in [1.807, 2.05) is 19.1 Å². The van der Waals surface area contributed by atoms with Crippen LogP contribution >= 0.6 is 0 Å². The van der Waals surface area contributed by atoms with Crippen LogP contribution in [-0.4, -0.2) is 30.8 Å². The van der Waals surface area contributed by atoms with E-state index < -0.39 is 5.97 Å². The molecular formula is C16H25NO4. The highest BCUT2D eigenvalue weighted by Crippen LogP contribution is 2.28. The zero-order valence-corrected chi connectivity index (χ0v) is 13.0. The number of benzene rings is 1. The average molecular weight is 295 g/mol. The van der Waals surface area contributed by atoms with Gasteiger partial charge in [0.05, 0.1) is 6.61 Å². The molecule has 2 N–H and O–H groups in total. The van der Waals surface area contributed by atoms with E-state index in [4.69, 9.17) is 14.6 Å². The Bertz CT molecular complexity index is 446. The summed E-state index contributed by atoms with van der Waals surface area (Å²) in [5.74, 6) is 0.729. The van der Waals surface area contributed by atoms with E-state index in [0.717, 1.165) is 25.1 Å². The Hall–Kier alpha value is -1.75. The Morgan fingerprint density at radius 3 is 2.67 bits per heavy atom. The second-order valence-electron chi connectivity index (χ2n) is 5.26. The summed E-state index contributed by atoms with van der Waals surface area (Å²) in [6, 6.07) is 5.57. The maximum Gasteiger partial charge on any atom is 0.341 e. The number of carboxylic acid groups (broad SMARTS) is 1. The summed E-state index contributed by atoms with van der Waals surface area (Å²) < 4.78 is 10.7. The Kier molecular flexibility index (Phi) is 7.61. The number of hydrogen-bond acceptors (Lipinski definition) is 4. The minimum absolute atomic E-state index is 0.369. The molecule has 0 aliphatic rings. The zero-order chi connectivity index (χ0) is 15.7. The molecule has 0 amide bonds. The third-order valence-corrected chi connectivity index (χ3v) is 2.89. The lowest BCUT2D eigenvalue weighted by Gasteiger charge is -2.13. The van der Waals surface area contributed by atoms with Crippen LogP contribution in [-0.2, 0) is 11.3 Å². The van der Waals surface area contributed by atoms with Crippen LogP contribution in [0.5, 0.6) is 11.5 Å². The van der Waals surface area contributed by atoms with Gasteiger partial charge in [0.1, 0.15) is 0 Å². The van der Waals surface area contributed by atoms with Crippen molar-refractivity contribution in [1.82, 2.24) is 5.32 Å². The third kappa shape index (κ3) is 6.99. The molecule has 0 fully saturated rings. The molecule has 1 aromatic rings. The van der Waals surface area contributed by atoms with Crippen LogP contribution in [0.25, 0.3) is 0 Å². The van der Waals surface area contributed by atoms with Crippen molar-refractivity contribution in [3.05, 3.63) is 23.8 Å². The lowest BCUT2D eigenvalue weighted by atomic mass is 10.1. The maximum absolute atomic E-state index is 10.6. The molecule has 0 saturated heterocycles. The number of rotatable bonds is 10. The molecule has 0 aliphatic heterocycles. The molecule has 0 heterocycles. The number of carboxylic acids is 1. The first kappa shape index (κ1) is 17.3. The lowest BCUT2D eigenvalue weighted by Crippen LogP contribution is -2.16. The topological polar surface area (TPSA) is 67.8 Å². The molecule has 0 aliphatic carbocycles. The summed E-state index contributed by atoms with van der Waals surface area (Å²) in [5, 5.41) is 12.0. The van der Waals surface area contributed by atoms with Crippen molar-refractivity contribution >= 4 is 5.97 Å². The van der Waals surface area contributed by atoms with E-state index in [2.05, 4.69) is 19.2 Å². The lowest BCUT2D eigenvalue weighted by molar-refractivity contribution is -0.139. The molecule has 1 aromatic carbocycles. The van der Waals surface area contributed by atoms with Gasteiger partial charge in [0.25, 0.3) is 0 Å². The molecule has 0 saturated carbocycles. The predicted octanol–water partition coefficient (Wildman–Crippen LogP) is 2.68. The molecule has 5 nitrogen and oxygen atoms in total. The first-order valence-corrected chi connectivity index (χ1v) is 7.34. The van der Waals surface area contributed by atoms with Gasteiger partial charge in [0, 0.05) is 6.54 Å². The van der Waals surface area contributed by atoms with Gasteiger partial charge in [0.2, 0.25) is 0 Å². The highest BCUT2D eigenvalue weighted by atomic mass is 16.5. The number of aliphatic carboxylic acids is 1. The van der Waals surface area contributed by atoms with E-state index in [1.165, 1.54) is 0 Å². The molecule has 118 valence electrons. The van der Waals surface area contributed by atoms with Gasteiger partial charge in [-0.15, -0.1) is 0 Å². The molecule has 5 heteroatoms. The quantitative estimate of drug-likeness (QED) is 0.650. The van der Waals surface area contributed by atoms with E-state index in [-0.39, 0.29) is 6.61 Å². The Balaban J connectivity index is 2.61. The normalized spacial score (nSPS) is 10.7. The van der Waals surface area contributed by atoms with Crippen LogP contribution < -0.4 is 14.8 Å². The Morgan fingerprint density at radius 1 is 1.29 bits per heavy atom. The van der Waals surface area contributed by atoms with Crippen LogP contribution in [0.3, 0.4) is 0 Å². The van der Waals surface area contributed by atoms with E-state index >= 15 is 0 Å². The highest BCUT2D eigenvalue weighted by Gasteiger charge is 2.08. The van der Waals surface area contributed by atoms with Gasteiger partial charge in [-0.1, -0.05) is 19.9 Å². The van der Waals surface area contributed by atoms with E-state index in [1.54, 1.807) is 6.07 Å². The molecular weight excluding hydrogens is 270 g/mol. The average Bonchev–Trinajstić information content (AvgIpc) is 2.42. The molecule has 0 unspecified atom stereocenters. The van der Waals surface area contributed by atoms with Crippen molar-refractivity contribution in [1.29, 1.82) is 0 Å². The van der Waals surface area contributed by atoms with Gasteiger partial charge in [-0.05, 0) is 43.5 Å². The van der Waals surface area contributed by atoms with Crippen molar-refractivity contribution < 1.29 is 19.4 Å². The standard InChI is InChI=1S/C16H25NO4/c1-4-20-15-9-13(10-17-8-7-12(2)3)5-6-14(15)21-11-16(18)19/h5-6,9,12,17H,4,7-8,10-11H2,1-3H3,(H,18,19). The Labute approximate surface area is 126 Å². The number of carbonyl (C=O) groups is 1. The summed E-state index contributed by atoms with van der Waals surface area (Å²) in [6.45, 7) is 8.14. The fourth-order valence-corrected chi connectivity index (χ4v) is 1.81. The molecule has 0 radical (unpaired) electrons. The monoisotopic (exact) mass is 295 g/mol. The summed E-state index contributed by atoms with van der Waals surface area (Å²) >= 11 is 0. The third-order valence-electron chi connectivity index (χ3n) is 2.89. The number of nitrogens with one attached hydrogen (secondary N) is 1. The van der Waals surface area contributed by atoms with Gasteiger partial charge in [-0.25, -0.2) is 4.79 Å². The van der Waals surface area contributed by atoms with Crippen molar-refractivity contribution in [2.45, 2.75) is 33.7 Å². The SMILES string of the molecule is CCOc1cc(CNCCC(C)C)ccc1OCC(=O)O. The van der Waals surface area contributed by atoms with Crippen LogP contribution in [0.2, 0.25) is 0 Å². The fourth-order valence-electron chi connectivity index (χ4n) is 1.81. The van der Waals surface area contributed by atoms with Gasteiger partial charge in [-0.3, -0.25) is 0 Å². The van der Waals surface area contributed by atoms with Crippen molar-refractivity contribution in [3.63, 3.8) is 0 Å². The van der Waals surface area contributed by atoms with Gasteiger partial charge in [0.15, 0.2) is 18.1 Å². The second kappa shape index (κ2) is 9.23. The van der Waals surface area contributed by atoms with Crippen molar-refractivity contribution in [2.24, 2.45) is 5.92 Å². The predicted molar refractivity (Wildman–Crippen MR) is 81.9 cm³/mol. The molecule has 21 heavy (non-hydrogen) atoms. The second-order valence-corrected chi connectivity index (χ2v) is 5.26. The van der Waals surface area contributed by atoms with E-state index in [0.29, 0.717) is 24.0 Å². The van der Waals surface area contributed by atoms with Gasteiger partial charge in [-0.2, -0.15) is 0 Å². The molecule has 0 atom stereocenters. The maximum atomic E-state index is 10.6. The minimum atomic E-state index is -1.00. The van der Waals surface area contributed by atoms with Gasteiger partial charge < -0.3 is 19.9 Å². The smallest absolute Gasteiger partial charge is 0.341 e. The van der Waals surface area contributed by atoms with E-state index in [9.17, 15) is 4.79 Å². The summed E-state index contributed by atoms with van der Waals surface area (Å²) in [4.78, 5) is 10.6. The minimum Gasteiger partial charge on any atom is -0.490 e. The largest absolute Gasteiger partial charge is 0.490 e. The highest BCUT2D eigenvalue weighted by molar-refractivity contribution is 5.68. The molecule has 0 aromatic heterocycles. The summed E-state index contributed by atoms with van der Waals surface area (Å²) in [7, 11) is 0. The molecule has 1 rings (SSSR count). The van der Waals surface area contributed by atoms with Crippen molar-refractivity contribution in [2.75, 3.05) is 19.8 Å². The summed E-state index contributed by atoms with van der Waals surface area (Å²) in [6.07, 6.45) is 1.14. The summed E-state index contributed by atoms with van der Waals surface area (Å²) in [5.41, 5.74) is 1.09. The number of hydrogen-bond donors (Lipinski definition) is 2. The van der Waals surface area contributed by atoms with Crippen LogP contribution in [0, 0.1) is 5.92 Å². The van der Waals surface area contributed by atoms with Crippen LogP contribution in [0.4, 0.5) is 0 Å². The van der Waals surface area contributed by atoms with Gasteiger partial charge >= 0.3 is 5.97 Å². The van der Waals surface area contributed by atoms with Crippen LogP contribution in [0.15, 0.2) is 18.2 Å². The molecule has 0 spiro atoms. The first-order valence-electron chi connectivity index (χ1n) is 7.34. The fraction of sp³-hybridized carbons (Fsp3) is 0.562.